The summed E-state index contributed by atoms with van der Waals surface area (Å²) in [5.74, 6) is -0.0871. The van der Waals surface area contributed by atoms with Crippen molar-refractivity contribution in [2.45, 2.75) is 91.8 Å². The largest absolute Gasteiger partial charge is 0.462 e. The summed E-state index contributed by atoms with van der Waals surface area (Å²) in [6.45, 7) is 13.8. The number of rotatable bonds is 2. The molecule has 0 amide bonds. The highest BCUT2D eigenvalue weighted by Gasteiger charge is 2.43. The Labute approximate surface area is 170 Å². The Morgan fingerprint density at radius 2 is 1.82 bits per heavy atom. The standard InChI is InChI=1S/C24H36O4/c1-16-8-7-11-24(6)15-18(3)21(14-23(24)28-20(5)26)10-9-17(2)13-22(12-16)27-19(4)25/h8,13,21-23H,3,7,9-12,14-15H2,1-2,4-6H3/b16-8-,17-13-/t21-,22+,23+,24+/m1/s1. The van der Waals surface area contributed by atoms with Crippen LogP contribution in [0, 0.1) is 11.3 Å². The molecule has 3 aliphatic carbocycles. The monoisotopic (exact) mass is 388 g/mol. The SMILES string of the molecule is C=C1C[C@]2(C)CC/C=C(/C)C[C@H](OC(C)=O)/C=C(/C)CC[C@@H]1C[C@@H]2OC(C)=O. The van der Waals surface area contributed by atoms with Gasteiger partial charge in [0, 0.05) is 25.7 Å². The van der Waals surface area contributed by atoms with Gasteiger partial charge in [0.2, 0.25) is 0 Å². The molecular weight excluding hydrogens is 352 g/mol. The second-order valence-electron chi connectivity index (χ2n) is 9.01. The molecule has 2 bridgehead atoms. The van der Waals surface area contributed by atoms with Gasteiger partial charge >= 0.3 is 11.9 Å². The summed E-state index contributed by atoms with van der Waals surface area (Å²) in [5.41, 5.74) is 3.63. The molecule has 0 saturated heterocycles. The molecule has 28 heavy (non-hydrogen) atoms. The van der Waals surface area contributed by atoms with Crippen molar-refractivity contribution < 1.29 is 19.1 Å². The van der Waals surface area contributed by atoms with E-state index in [2.05, 4.69) is 39.5 Å². The van der Waals surface area contributed by atoms with Crippen molar-refractivity contribution in [2.24, 2.45) is 11.3 Å². The Kier molecular flexibility index (Phi) is 7.68. The zero-order valence-electron chi connectivity index (χ0n) is 18.2. The number of allylic oxidation sites excluding steroid dienone is 3. The minimum Gasteiger partial charge on any atom is -0.462 e. The van der Waals surface area contributed by atoms with E-state index in [1.54, 1.807) is 0 Å². The second kappa shape index (κ2) is 9.58. The highest BCUT2D eigenvalue weighted by Crippen LogP contribution is 2.47. The average molecular weight is 389 g/mol. The lowest BCUT2D eigenvalue weighted by Crippen LogP contribution is -2.42. The van der Waals surface area contributed by atoms with Crippen LogP contribution in [-0.4, -0.2) is 24.1 Å². The summed E-state index contributed by atoms with van der Waals surface area (Å²) in [5, 5.41) is 0. The molecule has 4 atom stereocenters. The molecule has 0 aliphatic heterocycles. The number of esters is 2. The van der Waals surface area contributed by atoms with E-state index in [-0.39, 0.29) is 29.6 Å². The number of fused-ring (bicyclic) bond motifs is 9. The molecule has 1 fully saturated rings. The summed E-state index contributed by atoms with van der Waals surface area (Å²) >= 11 is 0. The van der Waals surface area contributed by atoms with Crippen LogP contribution in [0.1, 0.15) is 79.6 Å². The Morgan fingerprint density at radius 1 is 1.14 bits per heavy atom. The van der Waals surface area contributed by atoms with Crippen LogP contribution in [0.5, 0.6) is 0 Å². The topological polar surface area (TPSA) is 52.6 Å². The molecule has 3 rings (SSSR count). The number of ether oxygens (including phenoxy) is 2. The fourth-order valence-corrected chi connectivity index (χ4v) is 4.65. The Morgan fingerprint density at radius 3 is 2.46 bits per heavy atom. The highest BCUT2D eigenvalue weighted by atomic mass is 16.5. The number of carbonyl (C=O) groups excluding carboxylic acids is 2. The molecule has 0 aromatic heterocycles. The first kappa shape index (κ1) is 22.4. The van der Waals surface area contributed by atoms with Gasteiger partial charge in [-0.25, -0.2) is 0 Å². The lowest BCUT2D eigenvalue weighted by molar-refractivity contribution is -0.156. The molecular formula is C24H36O4. The van der Waals surface area contributed by atoms with Gasteiger partial charge in [0.1, 0.15) is 12.2 Å². The first-order valence-electron chi connectivity index (χ1n) is 10.4. The van der Waals surface area contributed by atoms with E-state index in [1.165, 1.54) is 30.6 Å². The maximum atomic E-state index is 11.7. The highest BCUT2D eigenvalue weighted by molar-refractivity contribution is 5.66. The van der Waals surface area contributed by atoms with Crippen molar-refractivity contribution in [3.63, 3.8) is 0 Å². The van der Waals surface area contributed by atoms with Gasteiger partial charge in [-0.2, -0.15) is 0 Å². The van der Waals surface area contributed by atoms with E-state index in [0.29, 0.717) is 5.92 Å². The molecule has 0 spiro atoms. The van der Waals surface area contributed by atoms with Gasteiger partial charge in [-0.1, -0.05) is 36.3 Å². The number of carbonyl (C=O) groups is 2. The minimum absolute atomic E-state index is 0.0600. The molecule has 0 N–H and O–H groups in total. The van der Waals surface area contributed by atoms with Crippen molar-refractivity contribution in [3.05, 3.63) is 35.5 Å². The summed E-state index contributed by atoms with van der Waals surface area (Å²) < 4.78 is 11.3. The molecule has 3 aliphatic rings. The quantitative estimate of drug-likeness (QED) is 0.451. The summed E-state index contributed by atoms with van der Waals surface area (Å²) in [7, 11) is 0. The minimum atomic E-state index is -0.243. The van der Waals surface area contributed by atoms with Crippen LogP contribution in [0.15, 0.2) is 35.5 Å². The maximum absolute atomic E-state index is 11.7. The summed E-state index contributed by atoms with van der Waals surface area (Å²) in [4.78, 5) is 23.2. The first-order chi connectivity index (χ1) is 13.1. The van der Waals surface area contributed by atoms with E-state index in [1.807, 2.05) is 0 Å². The van der Waals surface area contributed by atoms with Crippen LogP contribution in [0.3, 0.4) is 0 Å². The normalized spacial score (nSPS) is 35.8. The Balaban J connectivity index is 2.29. The van der Waals surface area contributed by atoms with Gasteiger partial charge in [-0.15, -0.1) is 0 Å². The zero-order valence-corrected chi connectivity index (χ0v) is 18.2. The first-order valence-corrected chi connectivity index (χ1v) is 10.4. The number of hydrogen-bond donors (Lipinski definition) is 0. The van der Waals surface area contributed by atoms with Gasteiger partial charge < -0.3 is 9.47 Å². The van der Waals surface area contributed by atoms with Crippen molar-refractivity contribution >= 4 is 11.9 Å². The van der Waals surface area contributed by atoms with Gasteiger partial charge in [0.15, 0.2) is 0 Å². The van der Waals surface area contributed by atoms with E-state index in [4.69, 9.17) is 9.47 Å². The smallest absolute Gasteiger partial charge is 0.303 e. The maximum Gasteiger partial charge on any atom is 0.303 e. The molecule has 0 unspecified atom stereocenters. The third kappa shape index (κ3) is 6.35. The van der Waals surface area contributed by atoms with Crippen LogP contribution in [0.25, 0.3) is 0 Å². The molecule has 0 heterocycles. The summed E-state index contributed by atoms with van der Waals surface area (Å²) in [6.07, 6.45) is 10.3. The third-order valence-electron chi connectivity index (χ3n) is 6.20. The average Bonchev–Trinajstić information content (AvgIpc) is 2.54. The lowest BCUT2D eigenvalue weighted by Gasteiger charge is -2.45. The predicted octanol–water partition coefficient (Wildman–Crippen LogP) is 5.68. The molecule has 4 nitrogen and oxygen atoms in total. The van der Waals surface area contributed by atoms with Crippen molar-refractivity contribution in [1.82, 2.24) is 0 Å². The second-order valence-corrected chi connectivity index (χ2v) is 9.01. The predicted molar refractivity (Wildman–Crippen MR) is 112 cm³/mol. The van der Waals surface area contributed by atoms with E-state index < -0.39 is 0 Å². The fourth-order valence-electron chi connectivity index (χ4n) is 4.65. The molecule has 0 radical (unpaired) electrons. The van der Waals surface area contributed by atoms with Gasteiger partial charge in [0.25, 0.3) is 0 Å². The van der Waals surface area contributed by atoms with Gasteiger partial charge in [-0.05, 0) is 64.4 Å². The molecule has 0 aromatic carbocycles. The molecule has 4 heteroatoms. The third-order valence-corrected chi connectivity index (χ3v) is 6.20. The van der Waals surface area contributed by atoms with Gasteiger partial charge in [0.05, 0.1) is 0 Å². The Hall–Kier alpha value is -1.84. The van der Waals surface area contributed by atoms with Crippen LogP contribution in [-0.2, 0) is 19.1 Å². The van der Waals surface area contributed by atoms with Crippen molar-refractivity contribution in [2.75, 3.05) is 0 Å². The molecule has 156 valence electrons. The van der Waals surface area contributed by atoms with E-state index in [0.717, 1.165) is 44.9 Å². The Bertz CT molecular complexity index is 672. The molecule has 1 saturated carbocycles. The molecule has 0 aromatic rings. The van der Waals surface area contributed by atoms with Crippen molar-refractivity contribution in [1.29, 1.82) is 0 Å². The van der Waals surface area contributed by atoms with E-state index >= 15 is 0 Å². The van der Waals surface area contributed by atoms with Gasteiger partial charge in [-0.3, -0.25) is 9.59 Å². The summed E-state index contributed by atoms with van der Waals surface area (Å²) in [6, 6.07) is 0. The fraction of sp³-hybridized carbons (Fsp3) is 0.667. The van der Waals surface area contributed by atoms with Crippen LogP contribution >= 0.6 is 0 Å². The lowest BCUT2D eigenvalue weighted by atomic mass is 9.64. The van der Waals surface area contributed by atoms with Crippen LogP contribution in [0.2, 0.25) is 0 Å². The van der Waals surface area contributed by atoms with E-state index in [9.17, 15) is 9.59 Å². The number of hydrogen-bond acceptors (Lipinski definition) is 4. The zero-order chi connectivity index (χ0) is 20.9. The van der Waals surface area contributed by atoms with Crippen LogP contribution in [0.4, 0.5) is 0 Å². The van der Waals surface area contributed by atoms with Crippen LogP contribution < -0.4 is 0 Å². The van der Waals surface area contributed by atoms with Crippen molar-refractivity contribution in [3.8, 4) is 0 Å².